The molecule has 0 amide bonds. The summed E-state index contributed by atoms with van der Waals surface area (Å²) >= 11 is 0. The molecule has 0 unspecified atom stereocenters. The van der Waals surface area contributed by atoms with Crippen molar-refractivity contribution in [3.63, 3.8) is 0 Å². The molecule has 0 aliphatic rings. The van der Waals surface area contributed by atoms with Gasteiger partial charge >= 0.3 is 0 Å². The van der Waals surface area contributed by atoms with E-state index < -0.39 is 0 Å². The van der Waals surface area contributed by atoms with Gasteiger partial charge < -0.3 is 9.30 Å². The van der Waals surface area contributed by atoms with Crippen LogP contribution < -0.4 is 4.74 Å². The Balaban J connectivity index is 1.86. The summed E-state index contributed by atoms with van der Waals surface area (Å²) in [7, 11) is 0. The van der Waals surface area contributed by atoms with Crippen LogP contribution >= 0.6 is 0 Å². The van der Waals surface area contributed by atoms with Gasteiger partial charge in [0.25, 0.3) is 0 Å². The van der Waals surface area contributed by atoms with Gasteiger partial charge in [-0.1, -0.05) is 18.2 Å². The topological polar surface area (TPSA) is 44.1 Å². The summed E-state index contributed by atoms with van der Waals surface area (Å²) in [5.41, 5.74) is 0. The summed E-state index contributed by atoms with van der Waals surface area (Å²) < 4.78 is 7.36. The first-order valence-corrected chi connectivity index (χ1v) is 5.99. The van der Waals surface area contributed by atoms with Gasteiger partial charge in [-0.25, -0.2) is 4.98 Å². The number of carbonyl (C=O) groups excluding carboxylic acids is 1. The number of aromatic nitrogens is 2. The molecular formula is C14H16N2O2. The molecule has 0 aliphatic carbocycles. The predicted octanol–water partition coefficient (Wildman–Crippen LogP) is 2.09. The van der Waals surface area contributed by atoms with Crippen LogP contribution in [0.4, 0.5) is 0 Å². The Labute approximate surface area is 106 Å². The second-order valence-corrected chi connectivity index (χ2v) is 3.95. The third-order valence-corrected chi connectivity index (χ3v) is 2.64. The highest BCUT2D eigenvalue weighted by molar-refractivity contribution is 5.81. The minimum Gasteiger partial charge on any atom is -0.486 e. The quantitative estimate of drug-likeness (QED) is 0.781. The van der Waals surface area contributed by atoms with E-state index in [-0.39, 0.29) is 12.4 Å². The number of Topliss-reactive ketones (excluding diaryl/α,β-unsaturated/α-hetero) is 1. The molecule has 2 aromatic rings. The van der Waals surface area contributed by atoms with E-state index in [9.17, 15) is 4.79 Å². The maximum absolute atomic E-state index is 11.8. The minimum atomic E-state index is 0.0275. The fourth-order valence-corrected chi connectivity index (χ4v) is 1.70. The number of aryl methyl sites for hydroxylation is 1. The average Bonchev–Trinajstić information content (AvgIpc) is 2.85. The number of benzene rings is 1. The fourth-order valence-electron chi connectivity index (χ4n) is 1.70. The molecule has 1 aromatic carbocycles. The summed E-state index contributed by atoms with van der Waals surface area (Å²) in [5.74, 6) is 1.53. The van der Waals surface area contributed by atoms with E-state index in [2.05, 4.69) is 4.98 Å². The second kappa shape index (κ2) is 6.00. The Morgan fingerprint density at radius 3 is 2.83 bits per heavy atom. The van der Waals surface area contributed by atoms with Crippen molar-refractivity contribution >= 4 is 5.78 Å². The number of ether oxygens (including phenoxy) is 1. The van der Waals surface area contributed by atoms with E-state index >= 15 is 0 Å². The van der Waals surface area contributed by atoms with Crippen molar-refractivity contribution in [3.8, 4) is 5.75 Å². The lowest BCUT2D eigenvalue weighted by molar-refractivity contribution is -0.120. The van der Waals surface area contributed by atoms with E-state index in [1.807, 2.05) is 48.0 Å². The van der Waals surface area contributed by atoms with E-state index in [0.717, 1.165) is 12.4 Å². The third kappa shape index (κ3) is 3.20. The maximum atomic E-state index is 11.8. The first-order chi connectivity index (χ1) is 8.79. The highest BCUT2D eigenvalue weighted by Crippen LogP contribution is 2.08. The Bertz CT molecular complexity index is 506. The zero-order valence-corrected chi connectivity index (χ0v) is 10.4. The lowest BCUT2D eigenvalue weighted by atomic mass is 10.3. The predicted molar refractivity (Wildman–Crippen MR) is 68.5 cm³/mol. The summed E-state index contributed by atoms with van der Waals surface area (Å²) in [6, 6.07) is 9.33. The molecule has 0 saturated heterocycles. The molecule has 94 valence electrons. The fraction of sp³-hybridized carbons (Fsp3) is 0.286. The van der Waals surface area contributed by atoms with Crippen molar-refractivity contribution in [1.82, 2.24) is 9.55 Å². The number of carbonyl (C=O) groups is 1. The summed E-state index contributed by atoms with van der Waals surface area (Å²) in [6.07, 6.45) is 3.90. The van der Waals surface area contributed by atoms with Crippen molar-refractivity contribution < 1.29 is 9.53 Å². The Hall–Kier alpha value is -2.10. The number of nitrogens with zero attached hydrogens (tertiary/aromatic N) is 2. The molecule has 0 bridgehead atoms. The Morgan fingerprint density at radius 2 is 2.11 bits per heavy atom. The lowest BCUT2D eigenvalue weighted by Crippen LogP contribution is -2.16. The molecule has 0 aliphatic heterocycles. The molecule has 2 rings (SSSR count). The van der Waals surface area contributed by atoms with E-state index in [1.54, 1.807) is 6.20 Å². The monoisotopic (exact) mass is 244 g/mol. The van der Waals surface area contributed by atoms with Crippen molar-refractivity contribution in [2.75, 3.05) is 6.61 Å². The van der Waals surface area contributed by atoms with Crippen LogP contribution in [0.25, 0.3) is 0 Å². The standard InChI is InChI=1S/C14H16N2O2/c1-2-16-9-8-15-14(16)10-12(17)11-18-13-6-4-3-5-7-13/h3-9H,2,10-11H2,1H3. The van der Waals surface area contributed by atoms with Crippen LogP contribution in [0.2, 0.25) is 0 Å². The molecule has 0 saturated carbocycles. The van der Waals surface area contributed by atoms with Crippen LogP contribution in [0, 0.1) is 0 Å². The van der Waals surface area contributed by atoms with E-state index in [0.29, 0.717) is 12.2 Å². The van der Waals surface area contributed by atoms with Crippen molar-refractivity contribution in [2.45, 2.75) is 19.9 Å². The van der Waals surface area contributed by atoms with Gasteiger partial charge in [-0.2, -0.15) is 0 Å². The lowest BCUT2D eigenvalue weighted by Gasteiger charge is -2.06. The molecule has 1 aromatic heterocycles. The van der Waals surface area contributed by atoms with Crippen LogP contribution in [-0.4, -0.2) is 21.9 Å². The molecule has 1 heterocycles. The molecule has 0 N–H and O–H groups in total. The number of hydrogen-bond donors (Lipinski definition) is 0. The number of imidazole rings is 1. The highest BCUT2D eigenvalue weighted by Gasteiger charge is 2.09. The molecule has 0 spiro atoms. The Kier molecular flexibility index (Phi) is 4.12. The summed E-state index contributed by atoms with van der Waals surface area (Å²) in [6.45, 7) is 2.93. The van der Waals surface area contributed by atoms with Gasteiger partial charge in [0.2, 0.25) is 0 Å². The first-order valence-electron chi connectivity index (χ1n) is 5.99. The van der Waals surface area contributed by atoms with Crippen LogP contribution in [0.5, 0.6) is 5.75 Å². The normalized spacial score (nSPS) is 10.3. The van der Waals surface area contributed by atoms with Crippen molar-refractivity contribution in [2.24, 2.45) is 0 Å². The van der Waals surface area contributed by atoms with Gasteiger partial charge in [0.15, 0.2) is 5.78 Å². The molecule has 4 heteroatoms. The van der Waals surface area contributed by atoms with Gasteiger partial charge in [-0.15, -0.1) is 0 Å². The first kappa shape index (κ1) is 12.4. The van der Waals surface area contributed by atoms with Gasteiger partial charge in [-0.3, -0.25) is 4.79 Å². The second-order valence-electron chi connectivity index (χ2n) is 3.95. The van der Waals surface area contributed by atoms with Crippen LogP contribution in [0.1, 0.15) is 12.7 Å². The van der Waals surface area contributed by atoms with Gasteiger partial charge in [0, 0.05) is 18.9 Å². The molecule has 0 fully saturated rings. The number of para-hydroxylation sites is 1. The third-order valence-electron chi connectivity index (χ3n) is 2.64. The SMILES string of the molecule is CCn1ccnc1CC(=O)COc1ccccc1. The van der Waals surface area contributed by atoms with Crippen molar-refractivity contribution in [3.05, 3.63) is 48.5 Å². The zero-order chi connectivity index (χ0) is 12.8. The van der Waals surface area contributed by atoms with Crippen LogP contribution in [0.3, 0.4) is 0 Å². The van der Waals surface area contributed by atoms with E-state index in [4.69, 9.17) is 4.74 Å². The largest absolute Gasteiger partial charge is 0.486 e. The maximum Gasteiger partial charge on any atom is 0.177 e. The molecular weight excluding hydrogens is 228 g/mol. The van der Waals surface area contributed by atoms with Gasteiger partial charge in [0.05, 0.1) is 6.42 Å². The van der Waals surface area contributed by atoms with Gasteiger partial charge in [-0.05, 0) is 19.1 Å². The molecule has 0 atom stereocenters. The number of hydrogen-bond acceptors (Lipinski definition) is 3. The summed E-state index contributed by atoms with van der Waals surface area (Å²) in [4.78, 5) is 15.9. The van der Waals surface area contributed by atoms with Gasteiger partial charge in [0.1, 0.15) is 18.2 Å². The molecule has 4 nitrogen and oxygen atoms in total. The van der Waals surface area contributed by atoms with Crippen LogP contribution in [0.15, 0.2) is 42.7 Å². The van der Waals surface area contributed by atoms with E-state index in [1.165, 1.54) is 0 Å². The Morgan fingerprint density at radius 1 is 1.33 bits per heavy atom. The molecule has 0 radical (unpaired) electrons. The van der Waals surface area contributed by atoms with Crippen LogP contribution in [-0.2, 0) is 17.8 Å². The number of ketones is 1. The molecule has 18 heavy (non-hydrogen) atoms. The summed E-state index contributed by atoms with van der Waals surface area (Å²) in [5, 5.41) is 0. The highest BCUT2D eigenvalue weighted by atomic mass is 16.5. The minimum absolute atomic E-state index is 0.0275. The zero-order valence-electron chi connectivity index (χ0n) is 10.4. The van der Waals surface area contributed by atoms with Crippen molar-refractivity contribution in [1.29, 1.82) is 0 Å². The average molecular weight is 244 g/mol. The number of rotatable bonds is 6. The smallest absolute Gasteiger partial charge is 0.177 e.